The van der Waals surface area contributed by atoms with E-state index in [0.717, 1.165) is 76.2 Å². The molecule has 1 aliphatic heterocycles. The van der Waals surface area contributed by atoms with Gasteiger partial charge in [0, 0.05) is 45.0 Å². The molecule has 1 aliphatic carbocycles. The Hall–Kier alpha value is -1.62. The monoisotopic (exact) mass is 501 g/mol. The van der Waals surface area contributed by atoms with Crippen molar-refractivity contribution in [3.63, 3.8) is 0 Å². The third-order valence-electron chi connectivity index (χ3n) is 6.57. The van der Waals surface area contributed by atoms with E-state index in [4.69, 9.17) is 9.47 Å². The molecular weight excluding hydrogens is 459 g/mol. The minimum Gasteiger partial charge on any atom is -0.383 e. The van der Waals surface area contributed by atoms with Crippen LogP contribution in [0.1, 0.15) is 64.0 Å². The first-order chi connectivity index (χ1) is 16.8. The van der Waals surface area contributed by atoms with E-state index >= 15 is 0 Å². The smallest absolute Gasteiger partial charge is 0.383 e. The first-order valence-electron chi connectivity index (χ1n) is 13.0. The molecule has 1 saturated carbocycles. The summed E-state index contributed by atoms with van der Waals surface area (Å²) < 4.78 is 50.8. The normalized spacial score (nSPS) is 24.9. The fourth-order valence-corrected chi connectivity index (χ4v) is 4.70. The fraction of sp³-hybridized carbons (Fsp3) is 0.800. The molecule has 0 spiro atoms. The maximum Gasteiger partial charge on any atom is 0.390 e. The van der Waals surface area contributed by atoms with Gasteiger partial charge in [0.15, 0.2) is 0 Å². The SMILES string of the molecule is C[C@H](/C=C(/NCCCN[C@H]1CCCOC1)c1cn(C)cn1)OC1CCC(NCCC(F)(F)F)CC1. The zero-order valence-electron chi connectivity index (χ0n) is 21.1. The second-order valence-corrected chi connectivity index (χ2v) is 9.79. The number of alkyl halides is 3. The number of ether oxygens (including phenoxy) is 2. The standard InChI is InChI=1S/C25H42F3N5O2/c1-19(35-22-8-6-20(7-9-22)30-13-10-25(26,27)28)15-23(24-16-33(2)18-32-24)31-12-4-11-29-21-5-3-14-34-17-21/h15-16,18-22,29-31H,3-14,17H2,1-2H3/b23-15+/t19-,20?,21+,22?/m1/s1. The van der Waals surface area contributed by atoms with Gasteiger partial charge in [-0.05, 0) is 64.5 Å². The molecule has 1 aromatic rings. The van der Waals surface area contributed by atoms with Crippen molar-refractivity contribution in [3.8, 4) is 0 Å². The Bertz CT molecular complexity index is 757. The van der Waals surface area contributed by atoms with E-state index in [9.17, 15) is 13.2 Å². The molecule has 0 amide bonds. The molecule has 3 rings (SSSR count). The highest BCUT2D eigenvalue weighted by Gasteiger charge is 2.28. The van der Waals surface area contributed by atoms with E-state index in [1.54, 1.807) is 6.33 Å². The lowest BCUT2D eigenvalue weighted by molar-refractivity contribution is -0.133. The van der Waals surface area contributed by atoms with Gasteiger partial charge in [-0.15, -0.1) is 0 Å². The van der Waals surface area contributed by atoms with Crippen molar-refractivity contribution in [2.75, 3.05) is 32.8 Å². The second-order valence-electron chi connectivity index (χ2n) is 9.79. The summed E-state index contributed by atoms with van der Waals surface area (Å²) in [5.41, 5.74) is 1.84. The van der Waals surface area contributed by atoms with Crippen LogP contribution in [-0.4, -0.2) is 72.9 Å². The number of nitrogens with zero attached hydrogens (tertiary/aromatic N) is 2. The molecule has 0 bridgehead atoms. The van der Waals surface area contributed by atoms with E-state index in [1.807, 2.05) is 24.7 Å². The molecule has 1 aromatic heterocycles. The summed E-state index contributed by atoms with van der Waals surface area (Å²) in [7, 11) is 1.95. The molecule has 10 heteroatoms. The molecule has 200 valence electrons. The quantitative estimate of drug-likeness (QED) is 0.358. The highest BCUT2D eigenvalue weighted by molar-refractivity contribution is 5.60. The number of rotatable bonds is 13. The van der Waals surface area contributed by atoms with Crippen molar-refractivity contribution < 1.29 is 22.6 Å². The summed E-state index contributed by atoms with van der Waals surface area (Å²) in [5, 5.41) is 10.1. The van der Waals surface area contributed by atoms with Crippen LogP contribution in [0.4, 0.5) is 13.2 Å². The van der Waals surface area contributed by atoms with Gasteiger partial charge in [0.1, 0.15) is 5.69 Å². The van der Waals surface area contributed by atoms with Gasteiger partial charge in [0.2, 0.25) is 0 Å². The van der Waals surface area contributed by atoms with Crippen LogP contribution in [0.2, 0.25) is 0 Å². The highest BCUT2D eigenvalue weighted by Crippen LogP contribution is 2.24. The highest BCUT2D eigenvalue weighted by atomic mass is 19.4. The second kappa shape index (κ2) is 14.2. The molecule has 2 heterocycles. The number of aryl methyl sites for hydroxylation is 1. The van der Waals surface area contributed by atoms with Crippen LogP contribution in [0.5, 0.6) is 0 Å². The minimum atomic E-state index is -4.10. The lowest BCUT2D eigenvalue weighted by Crippen LogP contribution is -2.38. The summed E-state index contributed by atoms with van der Waals surface area (Å²) in [5.74, 6) is 0. The predicted octanol–water partition coefficient (Wildman–Crippen LogP) is 3.77. The van der Waals surface area contributed by atoms with Gasteiger partial charge in [-0.3, -0.25) is 0 Å². The number of hydrogen-bond donors (Lipinski definition) is 3. The number of aromatic nitrogens is 2. The largest absolute Gasteiger partial charge is 0.390 e. The lowest BCUT2D eigenvalue weighted by Gasteiger charge is -2.30. The first-order valence-corrected chi connectivity index (χ1v) is 13.0. The molecular formula is C25H42F3N5O2. The Morgan fingerprint density at radius 3 is 2.60 bits per heavy atom. The Balaban J connectivity index is 1.41. The zero-order chi connectivity index (χ0) is 25.1. The van der Waals surface area contributed by atoms with Crippen molar-refractivity contribution in [3.05, 3.63) is 24.3 Å². The van der Waals surface area contributed by atoms with Crippen LogP contribution < -0.4 is 16.0 Å². The van der Waals surface area contributed by atoms with Crippen LogP contribution >= 0.6 is 0 Å². The van der Waals surface area contributed by atoms with Crippen LogP contribution in [0, 0.1) is 0 Å². The first kappa shape index (κ1) is 28.0. The molecule has 7 nitrogen and oxygen atoms in total. The van der Waals surface area contributed by atoms with Gasteiger partial charge in [0.25, 0.3) is 0 Å². The van der Waals surface area contributed by atoms with Gasteiger partial charge < -0.3 is 30.0 Å². The van der Waals surface area contributed by atoms with Crippen molar-refractivity contribution in [1.82, 2.24) is 25.5 Å². The molecule has 1 saturated heterocycles. The number of nitrogens with one attached hydrogen (secondary N) is 3. The van der Waals surface area contributed by atoms with Gasteiger partial charge in [0.05, 0.1) is 37.3 Å². The van der Waals surface area contributed by atoms with Crippen molar-refractivity contribution in [2.45, 2.75) is 88.8 Å². The molecule has 0 unspecified atom stereocenters. The minimum absolute atomic E-state index is 0.0120. The summed E-state index contributed by atoms with van der Waals surface area (Å²) >= 11 is 0. The van der Waals surface area contributed by atoms with Crippen molar-refractivity contribution in [1.29, 1.82) is 0 Å². The van der Waals surface area contributed by atoms with Gasteiger partial charge in [-0.2, -0.15) is 13.2 Å². The van der Waals surface area contributed by atoms with Gasteiger partial charge in [-0.25, -0.2) is 4.98 Å². The molecule has 0 radical (unpaired) electrons. The Morgan fingerprint density at radius 2 is 1.94 bits per heavy atom. The zero-order valence-corrected chi connectivity index (χ0v) is 21.1. The van der Waals surface area contributed by atoms with Crippen LogP contribution in [0.3, 0.4) is 0 Å². The van der Waals surface area contributed by atoms with Crippen molar-refractivity contribution in [2.24, 2.45) is 7.05 Å². The van der Waals surface area contributed by atoms with Crippen LogP contribution in [-0.2, 0) is 16.5 Å². The van der Waals surface area contributed by atoms with E-state index in [2.05, 4.69) is 27.0 Å². The Labute approximate surface area is 207 Å². The predicted molar refractivity (Wildman–Crippen MR) is 131 cm³/mol. The average Bonchev–Trinajstić information content (AvgIpc) is 3.25. The molecule has 2 fully saturated rings. The maximum absolute atomic E-state index is 12.4. The fourth-order valence-electron chi connectivity index (χ4n) is 4.70. The van der Waals surface area contributed by atoms with E-state index in [0.29, 0.717) is 6.04 Å². The average molecular weight is 502 g/mol. The molecule has 2 atom stereocenters. The van der Waals surface area contributed by atoms with E-state index in [1.165, 1.54) is 6.42 Å². The third kappa shape index (κ3) is 10.9. The summed E-state index contributed by atoms with van der Waals surface area (Å²) in [4.78, 5) is 4.50. The number of halogens is 3. The van der Waals surface area contributed by atoms with Gasteiger partial charge >= 0.3 is 6.18 Å². The topological polar surface area (TPSA) is 72.4 Å². The number of hydrogen-bond acceptors (Lipinski definition) is 6. The summed E-state index contributed by atoms with van der Waals surface area (Å²) in [6.07, 6.45) is 7.65. The van der Waals surface area contributed by atoms with E-state index in [-0.39, 0.29) is 24.8 Å². The summed E-state index contributed by atoms with van der Waals surface area (Å²) in [6.45, 7) is 5.45. The number of imidazole rings is 1. The van der Waals surface area contributed by atoms with Crippen LogP contribution in [0.15, 0.2) is 18.6 Å². The summed E-state index contributed by atoms with van der Waals surface area (Å²) in [6, 6.07) is 0.598. The lowest BCUT2D eigenvalue weighted by atomic mass is 9.92. The molecule has 0 aromatic carbocycles. The third-order valence-corrected chi connectivity index (χ3v) is 6.57. The molecule has 3 N–H and O–H groups in total. The Kier molecular flexibility index (Phi) is 11.3. The van der Waals surface area contributed by atoms with Gasteiger partial charge in [-0.1, -0.05) is 0 Å². The van der Waals surface area contributed by atoms with Crippen molar-refractivity contribution >= 4 is 5.70 Å². The van der Waals surface area contributed by atoms with Crippen LogP contribution in [0.25, 0.3) is 5.70 Å². The maximum atomic E-state index is 12.4. The Morgan fingerprint density at radius 1 is 1.17 bits per heavy atom. The van der Waals surface area contributed by atoms with E-state index < -0.39 is 12.6 Å². The molecule has 2 aliphatic rings. The molecule has 35 heavy (non-hydrogen) atoms.